The van der Waals surface area contributed by atoms with Crippen LogP contribution in [0.15, 0.2) is 0 Å². The van der Waals surface area contributed by atoms with Crippen LogP contribution in [-0.4, -0.2) is 17.4 Å². The summed E-state index contributed by atoms with van der Waals surface area (Å²) in [5.74, 6) is -1.71. The van der Waals surface area contributed by atoms with Gasteiger partial charge in [0.1, 0.15) is 6.42 Å². The molecule has 0 amide bonds. The summed E-state index contributed by atoms with van der Waals surface area (Å²) in [7, 11) is 0. The SMILES string of the molecule is O=C(CC(F)(F)F)OO. The van der Waals surface area contributed by atoms with Gasteiger partial charge < -0.3 is 4.89 Å². The lowest BCUT2D eigenvalue weighted by Crippen LogP contribution is -2.15. The molecule has 0 aliphatic carbocycles. The Morgan fingerprint density at radius 2 is 2.00 bits per heavy atom. The Labute approximate surface area is 48.0 Å². The minimum absolute atomic E-state index is 1.71. The molecule has 0 fully saturated rings. The van der Waals surface area contributed by atoms with E-state index in [0.29, 0.717) is 0 Å². The molecule has 1 N–H and O–H groups in total. The molecule has 0 atom stereocenters. The molecule has 0 aliphatic rings. The van der Waals surface area contributed by atoms with Gasteiger partial charge in [-0.2, -0.15) is 18.4 Å². The van der Waals surface area contributed by atoms with Crippen molar-refractivity contribution in [1.29, 1.82) is 0 Å². The summed E-state index contributed by atoms with van der Waals surface area (Å²) in [5, 5.41) is 7.35. The standard InChI is InChI=1S/C3H3F3O3/c4-3(5,6)1-2(7)9-8/h8H,1H2. The molecule has 0 saturated heterocycles. The van der Waals surface area contributed by atoms with Gasteiger partial charge in [0.2, 0.25) is 0 Å². The number of carbonyl (C=O) groups is 1. The van der Waals surface area contributed by atoms with E-state index in [4.69, 9.17) is 5.26 Å². The molecule has 0 unspecified atom stereocenters. The van der Waals surface area contributed by atoms with Gasteiger partial charge in [-0.3, -0.25) is 0 Å². The molecule has 0 aromatic heterocycles. The predicted octanol–water partition coefficient (Wildman–Crippen LogP) is 0.955. The third-order valence-electron chi connectivity index (χ3n) is 0.447. The maximum atomic E-state index is 11.1. The Balaban J connectivity index is 3.60. The second-order valence-corrected chi connectivity index (χ2v) is 1.26. The monoisotopic (exact) mass is 144 g/mol. The molecular formula is C3H3F3O3. The fourth-order valence-electron chi connectivity index (χ4n) is 0.196. The maximum absolute atomic E-state index is 11.1. The van der Waals surface area contributed by atoms with Crippen LogP contribution < -0.4 is 0 Å². The van der Waals surface area contributed by atoms with Gasteiger partial charge in [0.05, 0.1) is 0 Å². The summed E-state index contributed by atoms with van der Waals surface area (Å²) in [6.45, 7) is 0. The molecule has 3 nitrogen and oxygen atoms in total. The topological polar surface area (TPSA) is 46.5 Å². The Morgan fingerprint density at radius 1 is 1.56 bits per heavy atom. The normalized spacial score (nSPS) is 11.1. The molecule has 0 radical (unpaired) electrons. The molecule has 0 aliphatic heterocycles. The number of hydrogen-bond acceptors (Lipinski definition) is 3. The number of alkyl halides is 3. The fraction of sp³-hybridized carbons (Fsp3) is 0.667. The summed E-state index contributed by atoms with van der Waals surface area (Å²) < 4.78 is 33.2. The van der Waals surface area contributed by atoms with Crippen LogP contribution in [0.5, 0.6) is 0 Å². The molecule has 0 bridgehead atoms. The van der Waals surface area contributed by atoms with E-state index in [9.17, 15) is 18.0 Å². The number of rotatable bonds is 1. The Bertz CT molecular complexity index is 107. The summed E-state index contributed by atoms with van der Waals surface area (Å²) >= 11 is 0. The lowest BCUT2D eigenvalue weighted by atomic mass is 10.4. The Morgan fingerprint density at radius 3 is 2.11 bits per heavy atom. The van der Waals surface area contributed by atoms with Crippen molar-refractivity contribution in [2.75, 3.05) is 0 Å². The van der Waals surface area contributed by atoms with Crippen molar-refractivity contribution in [3.63, 3.8) is 0 Å². The highest BCUT2D eigenvalue weighted by Gasteiger charge is 2.32. The largest absolute Gasteiger partial charge is 0.399 e. The molecule has 0 spiro atoms. The van der Waals surface area contributed by atoms with Crippen LogP contribution in [0.3, 0.4) is 0 Å². The van der Waals surface area contributed by atoms with Crippen LogP contribution in [-0.2, 0) is 9.68 Å². The third-order valence-corrected chi connectivity index (χ3v) is 0.447. The van der Waals surface area contributed by atoms with Crippen LogP contribution in [0.1, 0.15) is 6.42 Å². The Kier molecular flexibility index (Phi) is 2.44. The average molecular weight is 144 g/mol. The highest BCUT2D eigenvalue weighted by atomic mass is 19.4. The van der Waals surface area contributed by atoms with Gasteiger partial charge in [-0.1, -0.05) is 0 Å². The zero-order valence-corrected chi connectivity index (χ0v) is 4.10. The zero-order valence-electron chi connectivity index (χ0n) is 4.10. The van der Waals surface area contributed by atoms with E-state index < -0.39 is 18.6 Å². The first-order chi connectivity index (χ1) is 3.95. The first-order valence-electron chi connectivity index (χ1n) is 1.86. The molecule has 0 aromatic carbocycles. The highest BCUT2D eigenvalue weighted by molar-refractivity contribution is 5.69. The minimum Gasteiger partial charge on any atom is -0.301 e. The van der Waals surface area contributed by atoms with Crippen molar-refractivity contribution < 1.29 is 28.1 Å². The first-order valence-corrected chi connectivity index (χ1v) is 1.86. The highest BCUT2D eigenvalue weighted by Crippen LogP contribution is 2.19. The van der Waals surface area contributed by atoms with Crippen molar-refractivity contribution in [2.24, 2.45) is 0 Å². The van der Waals surface area contributed by atoms with E-state index in [-0.39, 0.29) is 0 Å². The number of hydrogen-bond donors (Lipinski definition) is 1. The van der Waals surface area contributed by atoms with E-state index in [1.807, 2.05) is 0 Å². The second-order valence-electron chi connectivity index (χ2n) is 1.26. The maximum Gasteiger partial charge on any atom is 0.399 e. The quantitative estimate of drug-likeness (QED) is 0.440. The molecule has 54 valence electrons. The molecule has 0 heterocycles. The minimum atomic E-state index is -4.61. The van der Waals surface area contributed by atoms with Crippen LogP contribution >= 0.6 is 0 Å². The molecule has 0 saturated carbocycles. The van der Waals surface area contributed by atoms with Crippen LogP contribution in [0.4, 0.5) is 13.2 Å². The summed E-state index contributed by atoms with van der Waals surface area (Å²) in [4.78, 5) is 12.4. The lowest BCUT2D eigenvalue weighted by Gasteiger charge is -2.00. The van der Waals surface area contributed by atoms with Crippen molar-refractivity contribution in [3.05, 3.63) is 0 Å². The van der Waals surface area contributed by atoms with Crippen LogP contribution in [0, 0.1) is 0 Å². The van der Waals surface area contributed by atoms with Gasteiger partial charge in [0.15, 0.2) is 0 Å². The summed E-state index contributed by atoms with van der Waals surface area (Å²) in [5.41, 5.74) is 0. The van der Waals surface area contributed by atoms with E-state index in [0.717, 1.165) is 0 Å². The smallest absolute Gasteiger partial charge is 0.301 e. The van der Waals surface area contributed by atoms with E-state index in [1.54, 1.807) is 0 Å². The molecule has 6 heteroatoms. The van der Waals surface area contributed by atoms with E-state index in [1.165, 1.54) is 0 Å². The fourth-order valence-corrected chi connectivity index (χ4v) is 0.196. The second kappa shape index (κ2) is 2.67. The van der Waals surface area contributed by atoms with Crippen LogP contribution in [0.2, 0.25) is 0 Å². The van der Waals surface area contributed by atoms with Gasteiger partial charge in [-0.15, -0.1) is 0 Å². The van der Waals surface area contributed by atoms with Gasteiger partial charge in [0, 0.05) is 0 Å². The predicted molar refractivity (Wildman–Crippen MR) is 19.4 cm³/mol. The van der Waals surface area contributed by atoms with Gasteiger partial charge in [-0.05, 0) is 0 Å². The van der Waals surface area contributed by atoms with Gasteiger partial charge >= 0.3 is 12.1 Å². The molecular weight excluding hydrogens is 141 g/mol. The van der Waals surface area contributed by atoms with Crippen molar-refractivity contribution in [1.82, 2.24) is 0 Å². The Hall–Kier alpha value is -0.780. The summed E-state index contributed by atoms with van der Waals surface area (Å²) in [6, 6.07) is 0. The molecule has 0 rings (SSSR count). The average Bonchev–Trinajstić information content (AvgIpc) is 1.62. The number of halogens is 3. The van der Waals surface area contributed by atoms with Gasteiger partial charge in [-0.25, -0.2) is 4.79 Å². The van der Waals surface area contributed by atoms with Crippen molar-refractivity contribution in [3.8, 4) is 0 Å². The summed E-state index contributed by atoms with van der Waals surface area (Å²) in [6.07, 6.45) is -6.37. The van der Waals surface area contributed by atoms with Crippen LogP contribution in [0.25, 0.3) is 0 Å². The lowest BCUT2D eigenvalue weighted by molar-refractivity contribution is -0.245. The number of carbonyl (C=O) groups excluding carboxylic acids is 1. The molecule has 9 heavy (non-hydrogen) atoms. The molecule has 0 aromatic rings. The van der Waals surface area contributed by atoms with E-state index in [2.05, 4.69) is 4.89 Å². The zero-order chi connectivity index (χ0) is 7.49. The third kappa shape index (κ3) is 5.09. The van der Waals surface area contributed by atoms with Gasteiger partial charge in [0.25, 0.3) is 0 Å². The van der Waals surface area contributed by atoms with E-state index >= 15 is 0 Å². The van der Waals surface area contributed by atoms with Crippen molar-refractivity contribution >= 4 is 5.97 Å². The first kappa shape index (κ1) is 8.22. The van der Waals surface area contributed by atoms with Crippen molar-refractivity contribution in [2.45, 2.75) is 12.6 Å².